The van der Waals surface area contributed by atoms with Crippen LogP contribution in [-0.4, -0.2) is 31.1 Å². The molecule has 0 atom stereocenters. The first-order chi connectivity index (χ1) is 9.10. The molecule has 0 spiro atoms. The molecule has 0 radical (unpaired) electrons. The lowest BCUT2D eigenvalue weighted by atomic mass is 10.1. The number of halogens is 1. The zero-order valence-electron chi connectivity index (χ0n) is 11.8. The van der Waals surface area contributed by atoms with Gasteiger partial charge in [0.15, 0.2) is 0 Å². The molecule has 19 heavy (non-hydrogen) atoms. The van der Waals surface area contributed by atoms with Gasteiger partial charge in [-0.1, -0.05) is 25.4 Å². The molecule has 0 amide bonds. The molecule has 0 aliphatic carbocycles. The highest BCUT2D eigenvalue weighted by molar-refractivity contribution is 6.30. The number of benzene rings is 1. The van der Waals surface area contributed by atoms with Crippen molar-refractivity contribution < 1.29 is 4.74 Å². The molecule has 1 heterocycles. The van der Waals surface area contributed by atoms with Crippen LogP contribution < -0.4 is 10.5 Å². The highest BCUT2D eigenvalue weighted by Crippen LogP contribution is 2.33. The molecule has 3 nitrogen and oxygen atoms in total. The summed E-state index contributed by atoms with van der Waals surface area (Å²) in [4.78, 5) is 2.37. The number of fused-ring (bicyclic) bond motifs is 1. The maximum Gasteiger partial charge on any atom is 0.127 e. The van der Waals surface area contributed by atoms with Gasteiger partial charge in [-0.05, 0) is 23.6 Å². The Bertz CT molecular complexity index is 434. The van der Waals surface area contributed by atoms with Crippen molar-refractivity contribution in [3.63, 3.8) is 0 Å². The van der Waals surface area contributed by atoms with Crippen molar-refractivity contribution in [3.05, 3.63) is 28.3 Å². The Balaban J connectivity index is 2.16. The lowest BCUT2D eigenvalue weighted by Gasteiger charge is -2.24. The SMILES string of the molecule is CC(C)CN(CCN)Cc1cc(Cl)cc2c1OCC2. The van der Waals surface area contributed by atoms with Crippen LogP contribution in [0.5, 0.6) is 5.75 Å². The first-order valence-electron chi connectivity index (χ1n) is 6.96. The Labute approximate surface area is 120 Å². The third-order valence-corrected chi connectivity index (χ3v) is 3.51. The second-order valence-corrected chi connectivity index (χ2v) is 6.01. The van der Waals surface area contributed by atoms with E-state index in [1.165, 1.54) is 11.1 Å². The van der Waals surface area contributed by atoms with Crippen molar-refractivity contribution in [1.29, 1.82) is 0 Å². The van der Waals surface area contributed by atoms with Crippen molar-refractivity contribution in [2.75, 3.05) is 26.2 Å². The van der Waals surface area contributed by atoms with E-state index >= 15 is 0 Å². The molecular weight excluding hydrogens is 260 g/mol. The van der Waals surface area contributed by atoms with Gasteiger partial charge in [0.25, 0.3) is 0 Å². The van der Waals surface area contributed by atoms with Gasteiger partial charge in [-0.3, -0.25) is 4.90 Å². The summed E-state index contributed by atoms with van der Waals surface area (Å²) in [5.41, 5.74) is 8.13. The quantitative estimate of drug-likeness (QED) is 0.872. The van der Waals surface area contributed by atoms with Gasteiger partial charge >= 0.3 is 0 Å². The summed E-state index contributed by atoms with van der Waals surface area (Å²) in [5.74, 6) is 1.66. The fraction of sp³-hybridized carbons (Fsp3) is 0.600. The number of nitrogens with two attached hydrogens (primary N) is 1. The highest BCUT2D eigenvalue weighted by Gasteiger charge is 2.19. The Kier molecular flexibility index (Phi) is 5.08. The molecular formula is C15H23ClN2O. The Morgan fingerprint density at radius 3 is 2.89 bits per heavy atom. The Morgan fingerprint density at radius 2 is 2.21 bits per heavy atom. The number of ether oxygens (including phenoxy) is 1. The van der Waals surface area contributed by atoms with E-state index in [-0.39, 0.29) is 0 Å². The number of nitrogens with zero attached hydrogens (tertiary/aromatic N) is 1. The number of rotatable bonds is 6. The van der Waals surface area contributed by atoms with E-state index in [0.717, 1.165) is 43.4 Å². The first-order valence-corrected chi connectivity index (χ1v) is 7.34. The lowest BCUT2D eigenvalue weighted by Crippen LogP contribution is -2.32. The third-order valence-electron chi connectivity index (χ3n) is 3.29. The van der Waals surface area contributed by atoms with Gasteiger partial charge in [-0.2, -0.15) is 0 Å². The topological polar surface area (TPSA) is 38.5 Å². The molecule has 0 saturated carbocycles. The molecule has 4 heteroatoms. The first kappa shape index (κ1) is 14.6. The summed E-state index contributed by atoms with van der Waals surface area (Å²) in [6.07, 6.45) is 0.962. The average molecular weight is 283 g/mol. The summed E-state index contributed by atoms with van der Waals surface area (Å²) < 4.78 is 5.75. The van der Waals surface area contributed by atoms with Crippen molar-refractivity contribution in [2.24, 2.45) is 11.7 Å². The van der Waals surface area contributed by atoms with Crippen molar-refractivity contribution in [3.8, 4) is 5.75 Å². The molecule has 0 fully saturated rings. The molecule has 2 N–H and O–H groups in total. The summed E-state index contributed by atoms with van der Waals surface area (Å²) in [6.45, 7) is 8.70. The minimum atomic E-state index is 0.625. The van der Waals surface area contributed by atoms with Crippen LogP contribution in [0.3, 0.4) is 0 Å². The fourth-order valence-corrected chi connectivity index (χ4v) is 2.90. The molecule has 1 aromatic carbocycles. The monoisotopic (exact) mass is 282 g/mol. The van der Waals surface area contributed by atoms with Crippen LogP contribution in [0, 0.1) is 5.92 Å². The predicted octanol–water partition coefficient (Wildman–Crippen LogP) is 2.69. The van der Waals surface area contributed by atoms with Gasteiger partial charge in [0.05, 0.1) is 6.61 Å². The second-order valence-electron chi connectivity index (χ2n) is 5.57. The van der Waals surface area contributed by atoms with Crippen LogP contribution in [0.15, 0.2) is 12.1 Å². The predicted molar refractivity (Wildman–Crippen MR) is 79.8 cm³/mol. The van der Waals surface area contributed by atoms with E-state index < -0.39 is 0 Å². The average Bonchev–Trinajstić information content (AvgIpc) is 2.76. The Morgan fingerprint density at radius 1 is 1.42 bits per heavy atom. The number of hydrogen-bond donors (Lipinski definition) is 1. The third kappa shape index (κ3) is 3.85. The smallest absolute Gasteiger partial charge is 0.127 e. The second kappa shape index (κ2) is 6.60. The van der Waals surface area contributed by atoms with E-state index in [1.807, 2.05) is 12.1 Å². The van der Waals surface area contributed by atoms with Gasteiger partial charge in [0.2, 0.25) is 0 Å². The largest absolute Gasteiger partial charge is 0.493 e. The molecule has 0 aromatic heterocycles. The zero-order chi connectivity index (χ0) is 13.8. The molecule has 0 bridgehead atoms. The van der Waals surface area contributed by atoms with Gasteiger partial charge in [0.1, 0.15) is 5.75 Å². The Hall–Kier alpha value is -0.770. The molecule has 0 saturated heterocycles. The van der Waals surface area contributed by atoms with E-state index in [2.05, 4.69) is 18.7 Å². The van der Waals surface area contributed by atoms with Crippen LogP contribution in [0.1, 0.15) is 25.0 Å². The maximum atomic E-state index is 6.20. The molecule has 2 rings (SSSR count). The zero-order valence-corrected chi connectivity index (χ0v) is 12.5. The fourth-order valence-electron chi connectivity index (χ4n) is 2.64. The van der Waals surface area contributed by atoms with Crippen LogP contribution in [0.2, 0.25) is 5.02 Å². The summed E-state index contributed by atoms with van der Waals surface area (Å²) in [6, 6.07) is 4.04. The van der Waals surface area contributed by atoms with Gasteiger partial charge < -0.3 is 10.5 Å². The van der Waals surface area contributed by atoms with Gasteiger partial charge in [0, 0.05) is 43.2 Å². The van der Waals surface area contributed by atoms with Gasteiger partial charge in [-0.25, -0.2) is 0 Å². The standard InChI is InChI=1S/C15H23ClN2O/c1-11(2)9-18(5-4-17)10-13-8-14(16)7-12-3-6-19-15(12)13/h7-8,11H,3-6,9-10,17H2,1-2H3. The van der Waals surface area contributed by atoms with Crippen molar-refractivity contribution >= 4 is 11.6 Å². The minimum absolute atomic E-state index is 0.625. The van der Waals surface area contributed by atoms with Crippen LogP contribution >= 0.6 is 11.6 Å². The normalized spacial score (nSPS) is 14.0. The maximum absolute atomic E-state index is 6.20. The van der Waals surface area contributed by atoms with E-state index in [1.54, 1.807) is 0 Å². The molecule has 106 valence electrons. The highest BCUT2D eigenvalue weighted by atomic mass is 35.5. The van der Waals surface area contributed by atoms with E-state index in [4.69, 9.17) is 22.1 Å². The molecule has 1 aromatic rings. The van der Waals surface area contributed by atoms with Crippen LogP contribution in [-0.2, 0) is 13.0 Å². The molecule has 0 unspecified atom stereocenters. The summed E-state index contributed by atoms with van der Waals surface area (Å²) in [5, 5.41) is 0.802. The number of hydrogen-bond acceptors (Lipinski definition) is 3. The molecule has 1 aliphatic heterocycles. The summed E-state index contributed by atoms with van der Waals surface area (Å²) >= 11 is 6.20. The summed E-state index contributed by atoms with van der Waals surface area (Å²) in [7, 11) is 0. The van der Waals surface area contributed by atoms with Crippen molar-refractivity contribution in [2.45, 2.75) is 26.8 Å². The lowest BCUT2D eigenvalue weighted by molar-refractivity contribution is 0.238. The van der Waals surface area contributed by atoms with E-state index in [0.29, 0.717) is 12.5 Å². The van der Waals surface area contributed by atoms with Crippen LogP contribution in [0.25, 0.3) is 0 Å². The van der Waals surface area contributed by atoms with E-state index in [9.17, 15) is 0 Å². The molecule has 1 aliphatic rings. The van der Waals surface area contributed by atoms with Gasteiger partial charge in [-0.15, -0.1) is 0 Å². The minimum Gasteiger partial charge on any atom is -0.493 e. The van der Waals surface area contributed by atoms with Crippen molar-refractivity contribution in [1.82, 2.24) is 4.90 Å². The van der Waals surface area contributed by atoms with Crippen LogP contribution in [0.4, 0.5) is 0 Å².